The molecule has 2 atom stereocenters. The third-order valence-electron chi connectivity index (χ3n) is 5.43. The summed E-state index contributed by atoms with van der Waals surface area (Å²) >= 11 is 0. The van der Waals surface area contributed by atoms with Crippen LogP contribution >= 0.6 is 0 Å². The summed E-state index contributed by atoms with van der Waals surface area (Å²) < 4.78 is 0. The Bertz CT molecular complexity index is 360. The third kappa shape index (κ3) is 3.70. The van der Waals surface area contributed by atoms with Gasteiger partial charge in [-0.15, -0.1) is 0 Å². The van der Waals surface area contributed by atoms with Gasteiger partial charge in [-0.1, -0.05) is 53.0 Å². The number of Topliss-reactive ketones (excluding diaryl/α,β-unsaturated/α-hetero) is 1. The number of carbonyl (C=O) groups is 1. The molecule has 108 valence electrons. The zero-order valence-corrected chi connectivity index (χ0v) is 13.2. The molecule has 0 radical (unpaired) electrons. The second-order valence-corrected chi connectivity index (χ2v) is 7.53. The molecule has 0 bridgehead atoms. The lowest BCUT2D eigenvalue weighted by Gasteiger charge is -2.41. The van der Waals surface area contributed by atoms with Crippen LogP contribution in [0.15, 0.2) is 11.6 Å². The van der Waals surface area contributed by atoms with Crippen molar-refractivity contribution in [2.75, 3.05) is 0 Å². The smallest absolute Gasteiger partial charge is 0.158 e. The summed E-state index contributed by atoms with van der Waals surface area (Å²) in [5.74, 6) is 2.79. The van der Waals surface area contributed by atoms with Crippen molar-refractivity contribution in [3.63, 3.8) is 0 Å². The molecule has 2 unspecified atom stereocenters. The maximum Gasteiger partial charge on any atom is 0.158 e. The van der Waals surface area contributed by atoms with E-state index in [1.165, 1.54) is 19.3 Å². The van der Waals surface area contributed by atoms with E-state index < -0.39 is 0 Å². The summed E-state index contributed by atoms with van der Waals surface area (Å²) in [5, 5.41) is 0. The molecule has 0 aromatic heterocycles. The van der Waals surface area contributed by atoms with Crippen LogP contribution in [0.4, 0.5) is 0 Å². The van der Waals surface area contributed by atoms with Crippen molar-refractivity contribution >= 4 is 5.78 Å². The third-order valence-corrected chi connectivity index (χ3v) is 5.43. The van der Waals surface area contributed by atoms with Crippen molar-refractivity contribution in [2.24, 2.45) is 23.2 Å². The van der Waals surface area contributed by atoms with Crippen LogP contribution in [0.1, 0.15) is 72.6 Å². The molecular formula is C18H30O. The maximum absolute atomic E-state index is 12.3. The van der Waals surface area contributed by atoms with E-state index in [9.17, 15) is 4.79 Å². The summed E-state index contributed by atoms with van der Waals surface area (Å²) in [6, 6.07) is 0. The van der Waals surface area contributed by atoms with Gasteiger partial charge in [0.2, 0.25) is 0 Å². The highest BCUT2D eigenvalue weighted by Gasteiger charge is 2.37. The molecule has 2 aliphatic carbocycles. The zero-order valence-electron chi connectivity index (χ0n) is 13.2. The first-order valence-corrected chi connectivity index (χ1v) is 8.16. The van der Waals surface area contributed by atoms with Crippen molar-refractivity contribution in [3.05, 3.63) is 11.6 Å². The van der Waals surface area contributed by atoms with E-state index in [-0.39, 0.29) is 5.41 Å². The highest BCUT2D eigenvalue weighted by molar-refractivity contribution is 5.95. The first kappa shape index (κ1) is 14.8. The van der Waals surface area contributed by atoms with Gasteiger partial charge < -0.3 is 0 Å². The van der Waals surface area contributed by atoms with E-state index in [1.54, 1.807) is 0 Å². The van der Waals surface area contributed by atoms with Gasteiger partial charge in [-0.2, -0.15) is 0 Å². The molecule has 0 heterocycles. The Kier molecular flexibility index (Phi) is 4.53. The second-order valence-electron chi connectivity index (χ2n) is 7.53. The van der Waals surface area contributed by atoms with Gasteiger partial charge >= 0.3 is 0 Å². The highest BCUT2D eigenvalue weighted by Crippen LogP contribution is 2.45. The standard InChI is InChI=1S/C18H30O/c1-5-13(2)16-10-9-15(12-18(16,3)4)17(19)11-8-14-6-7-14/h9,13-14,16H,5-8,10-12H2,1-4H3. The fraction of sp³-hybridized carbons (Fsp3) is 0.833. The Morgan fingerprint density at radius 1 is 1.42 bits per heavy atom. The Labute approximate surface area is 118 Å². The molecule has 2 rings (SSSR count). The SMILES string of the molecule is CCC(C)C1CC=C(C(=O)CCC2CC2)CC1(C)C. The van der Waals surface area contributed by atoms with Crippen LogP contribution in [0.3, 0.4) is 0 Å². The van der Waals surface area contributed by atoms with Crippen LogP contribution in [0.25, 0.3) is 0 Å². The lowest BCUT2D eigenvalue weighted by molar-refractivity contribution is -0.116. The summed E-state index contributed by atoms with van der Waals surface area (Å²) in [5.41, 5.74) is 1.42. The van der Waals surface area contributed by atoms with E-state index in [1.807, 2.05) is 0 Å². The summed E-state index contributed by atoms with van der Waals surface area (Å²) in [4.78, 5) is 12.3. The first-order valence-electron chi connectivity index (χ1n) is 8.16. The summed E-state index contributed by atoms with van der Waals surface area (Å²) in [6.07, 6.45) is 10.2. The van der Waals surface area contributed by atoms with E-state index >= 15 is 0 Å². The van der Waals surface area contributed by atoms with Gasteiger partial charge in [0.15, 0.2) is 5.78 Å². The number of hydrogen-bond acceptors (Lipinski definition) is 1. The molecular weight excluding hydrogens is 232 g/mol. The predicted molar refractivity (Wildman–Crippen MR) is 81.0 cm³/mol. The predicted octanol–water partition coefficient (Wildman–Crippen LogP) is 5.15. The number of hydrogen-bond donors (Lipinski definition) is 0. The fourth-order valence-corrected chi connectivity index (χ4v) is 3.68. The molecule has 1 heteroatoms. The molecule has 0 aromatic rings. The van der Waals surface area contributed by atoms with Crippen LogP contribution in [-0.4, -0.2) is 5.78 Å². The van der Waals surface area contributed by atoms with Crippen LogP contribution in [-0.2, 0) is 4.79 Å². The van der Waals surface area contributed by atoms with Crippen LogP contribution < -0.4 is 0 Å². The van der Waals surface area contributed by atoms with Crippen LogP contribution in [0.2, 0.25) is 0 Å². The molecule has 1 fully saturated rings. The average molecular weight is 262 g/mol. The monoisotopic (exact) mass is 262 g/mol. The van der Waals surface area contributed by atoms with Crippen molar-refractivity contribution in [1.29, 1.82) is 0 Å². The molecule has 1 saturated carbocycles. The highest BCUT2D eigenvalue weighted by atomic mass is 16.1. The number of allylic oxidation sites excluding steroid dienone is 2. The minimum atomic E-state index is 0.286. The maximum atomic E-state index is 12.3. The minimum absolute atomic E-state index is 0.286. The van der Waals surface area contributed by atoms with Gasteiger partial charge in [0, 0.05) is 6.42 Å². The Morgan fingerprint density at radius 2 is 2.11 bits per heavy atom. The lowest BCUT2D eigenvalue weighted by atomic mass is 9.63. The number of rotatable bonds is 6. The van der Waals surface area contributed by atoms with Gasteiger partial charge in [-0.25, -0.2) is 0 Å². The van der Waals surface area contributed by atoms with E-state index in [0.29, 0.717) is 5.78 Å². The van der Waals surface area contributed by atoms with Crippen molar-refractivity contribution < 1.29 is 4.79 Å². The van der Waals surface area contributed by atoms with Gasteiger partial charge in [0.05, 0.1) is 0 Å². The minimum Gasteiger partial charge on any atom is -0.295 e. The molecule has 2 aliphatic rings. The van der Waals surface area contributed by atoms with Crippen molar-refractivity contribution in [1.82, 2.24) is 0 Å². The van der Waals surface area contributed by atoms with Crippen molar-refractivity contribution in [3.8, 4) is 0 Å². The quantitative estimate of drug-likeness (QED) is 0.646. The van der Waals surface area contributed by atoms with Gasteiger partial charge in [-0.3, -0.25) is 4.79 Å². The average Bonchev–Trinajstić information content (AvgIpc) is 3.17. The first-order chi connectivity index (χ1) is 8.94. The topological polar surface area (TPSA) is 17.1 Å². The molecule has 0 N–H and O–H groups in total. The summed E-state index contributed by atoms with van der Waals surface area (Å²) in [6.45, 7) is 9.34. The Hall–Kier alpha value is -0.590. The fourth-order valence-electron chi connectivity index (χ4n) is 3.68. The van der Waals surface area contributed by atoms with E-state index in [4.69, 9.17) is 0 Å². The molecule has 0 amide bonds. The van der Waals surface area contributed by atoms with Gasteiger partial charge in [-0.05, 0) is 48.0 Å². The summed E-state index contributed by atoms with van der Waals surface area (Å²) in [7, 11) is 0. The molecule has 19 heavy (non-hydrogen) atoms. The van der Waals surface area contributed by atoms with Crippen LogP contribution in [0, 0.1) is 23.2 Å². The normalized spacial score (nSPS) is 27.8. The zero-order chi connectivity index (χ0) is 14.0. The second kappa shape index (κ2) is 5.81. The Balaban J connectivity index is 1.96. The molecule has 0 spiro atoms. The van der Waals surface area contributed by atoms with Crippen LogP contribution in [0.5, 0.6) is 0 Å². The van der Waals surface area contributed by atoms with E-state index in [0.717, 1.165) is 49.0 Å². The lowest BCUT2D eigenvalue weighted by Crippen LogP contribution is -2.33. The molecule has 0 saturated heterocycles. The molecule has 1 nitrogen and oxygen atoms in total. The number of carbonyl (C=O) groups excluding carboxylic acids is 1. The number of ketones is 1. The largest absolute Gasteiger partial charge is 0.295 e. The van der Waals surface area contributed by atoms with E-state index in [2.05, 4.69) is 33.8 Å². The van der Waals surface area contributed by atoms with Gasteiger partial charge in [0.25, 0.3) is 0 Å². The molecule has 0 aromatic carbocycles. The Morgan fingerprint density at radius 3 is 2.63 bits per heavy atom. The van der Waals surface area contributed by atoms with Crippen molar-refractivity contribution in [2.45, 2.75) is 72.6 Å². The molecule has 0 aliphatic heterocycles. The van der Waals surface area contributed by atoms with Gasteiger partial charge in [0.1, 0.15) is 0 Å².